The molecule has 0 bridgehead atoms. The standard InChI is InChI=1S/C20H20N6/c1-13-5-3-4-6-17(13)18-23-20(26(24-18)12-14-7-8-14)15-9-16-11-22-25(2)19(16)21-10-15/h3-6,9-11,14H,7-8,12H2,1-2H3. The predicted molar refractivity (Wildman–Crippen MR) is 100 cm³/mol. The molecule has 3 aromatic heterocycles. The van der Waals surface area contributed by atoms with Gasteiger partial charge in [-0.1, -0.05) is 24.3 Å². The Kier molecular flexibility index (Phi) is 3.38. The Balaban J connectivity index is 1.64. The molecule has 5 rings (SSSR count). The fourth-order valence-corrected chi connectivity index (χ4v) is 3.33. The van der Waals surface area contributed by atoms with Crippen LogP contribution in [0.1, 0.15) is 18.4 Å². The molecule has 0 N–H and O–H groups in total. The second kappa shape index (κ2) is 5.76. The van der Waals surface area contributed by atoms with Gasteiger partial charge in [-0.2, -0.15) is 10.2 Å². The minimum atomic E-state index is 0.718. The zero-order chi connectivity index (χ0) is 17.7. The lowest BCUT2D eigenvalue weighted by molar-refractivity contribution is 0.569. The first-order chi connectivity index (χ1) is 12.7. The zero-order valence-corrected chi connectivity index (χ0v) is 14.9. The third-order valence-electron chi connectivity index (χ3n) is 5.02. The van der Waals surface area contributed by atoms with E-state index in [-0.39, 0.29) is 0 Å². The topological polar surface area (TPSA) is 61.4 Å². The van der Waals surface area contributed by atoms with E-state index in [9.17, 15) is 0 Å². The van der Waals surface area contributed by atoms with Crippen molar-refractivity contribution in [3.8, 4) is 22.8 Å². The molecule has 1 fully saturated rings. The van der Waals surface area contributed by atoms with Gasteiger partial charge in [0.05, 0.1) is 6.20 Å². The first kappa shape index (κ1) is 15.3. The van der Waals surface area contributed by atoms with E-state index in [2.05, 4.69) is 39.9 Å². The van der Waals surface area contributed by atoms with Gasteiger partial charge in [-0.05, 0) is 37.3 Å². The number of fused-ring (bicyclic) bond motifs is 1. The number of pyridine rings is 1. The molecule has 6 heteroatoms. The summed E-state index contributed by atoms with van der Waals surface area (Å²) in [5, 5.41) is 10.1. The highest BCUT2D eigenvalue weighted by molar-refractivity contribution is 5.79. The SMILES string of the molecule is Cc1ccccc1-c1nc(-c2cnc3c(cnn3C)c2)n(CC2CC2)n1. The van der Waals surface area contributed by atoms with E-state index in [1.807, 2.05) is 31.6 Å². The summed E-state index contributed by atoms with van der Waals surface area (Å²) in [6.07, 6.45) is 6.27. The van der Waals surface area contributed by atoms with E-state index < -0.39 is 0 Å². The maximum absolute atomic E-state index is 4.89. The smallest absolute Gasteiger partial charge is 0.182 e. The van der Waals surface area contributed by atoms with Crippen LogP contribution in [0.4, 0.5) is 0 Å². The van der Waals surface area contributed by atoms with Crippen LogP contribution < -0.4 is 0 Å². The third kappa shape index (κ3) is 2.58. The summed E-state index contributed by atoms with van der Waals surface area (Å²) in [6.45, 7) is 3.01. The molecule has 0 saturated heterocycles. The molecule has 1 saturated carbocycles. The van der Waals surface area contributed by atoms with Crippen molar-refractivity contribution in [2.75, 3.05) is 0 Å². The molecule has 0 aliphatic heterocycles. The average Bonchev–Trinajstić information content (AvgIpc) is 3.25. The minimum Gasteiger partial charge on any atom is -0.250 e. The number of benzene rings is 1. The van der Waals surface area contributed by atoms with Crippen LogP contribution in [0, 0.1) is 12.8 Å². The summed E-state index contributed by atoms with van der Waals surface area (Å²) in [5.74, 6) is 2.38. The summed E-state index contributed by atoms with van der Waals surface area (Å²) in [7, 11) is 1.90. The van der Waals surface area contributed by atoms with Crippen LogP contribution in [0.3, 0.4) is 0 Å². The van der Waals surface area contributed by atoms with Gasteiger partial charge in [0.25, 0.3) is 0 Å². The third-order valence-corrected chi connectivity index (χ3v) is 5.02. The maximum atomic E-state index is 4.89. The Hall–Kier alpha value is -3.02. The first-order valence-corrected chi connectivity index (χ1v) is 8.98. The van der Waals surface area contributed by atoms with Gasteiger partial charge in [0.15, 0.2) is 17.3 Å². The van der Waals surface area contributed by atoms with Crippen LogP contribution in [0.15, 0.2) is 42.7 Å². The molecular weight excluding hydrogens is 324 g/mol. The van der Waals surface area contributed by atoms with Gasteiger partial charge in [-0.25, -0.2) is 14.6 Å². The van der Waals surface area contributed by atoms with E-state index in [1.165, 1.54) is 18.4 Å². The monoisotopic (exact) mass is 344 g/mol. The molecule has 1 aromatic carbocycles. The molecule has 3 heterocycles. The van der Waals surface area contributed by atoms with E-state index in [0.29, 0.717) is 0 Å². The van der Waals surface area contributed by atoms with Gasteiger partial charge in [-0.15, -0.1) is 0 Å². The molecule has 0 radical (unpaired) electrons. The number of hydrogen-bond acceptors (Lipinski definition) is 4. The van der Waals surface area contributed by atoms with Crippen LogP contribution in [0.25, 0.3) is 33.8 Å². The van der Waals surface area contributed by atoms with Gasteiger partial charge in [0, 0.05) is 36.3 Å². The maximum Gasteiger partial charge on any atom is 0.182 e. The highest BCUT2D eigenvalue weighted by Gasteiger charge is 2.25. The Labute approximate surface area is 151 Å². The van der Waals surface area contributed by atoms with Crippen molar-refractivity contribution in [3.05, 3.63) is 48.3 Å². The molecule has 0 spiro atoms. The number of nitrogens with zero attached hydrogens (tertiary/aromatic N) is 6. The van der Waals surface area contributed by atoms with Gasteiger partial charge < -0.3 is 0 Å². The second-order valence-electron chi connectivity index (χ2n) is 7.10. The first-order valence-electron chi connectivity index (χ1n) is 8.98. The van der Waals surface area contributed by atoms with E-state index in [0.717, 1.165) is 46.3 Å². The van der Waals surface area contributed by atoms with Crippen molar-refractivity contribution >= 4 is 11.0 Å². The summed E-state index contributed by atoms with van der Waals surface area (Å²) in [4.78, 5) is 9.46. The van der Waals surface area contributed by atoms with Gasteiger partial charge in [0.2, 0.25) is 0 Å². The Morgan fingerprint density at radius 2 is 2.00 bits per heavy atom. The molecule has 130 valence electrons. The van der Waals surface area contributed by atoms with Crippen molar-refractivity contribution in [2.24, 2.45) is 13.0 Å². The van der Waals surface area contributed by atoms with Gasteiger partial charge >= 0.3 is 0 Å². The van der Waals surface area contributed by atoms with Gasteiger partial charge in [0.1, 0.15) is 0 Å². The Morgan fingerprint density at radius 3 is 2.81 bits per heavy atom. The van der Waals surface area contributed by atoms with E-state index in [4.69, 9.17) is 10.1 Å². The van der Waals surface area contributed by atoms with Crippen molar-refractivity contribution in [3.63, 3.8) is 0 Å². The largest absolute Gasteiger partial charge is 0.250 e. The summed E-state index contributed by atoms with van der Waals surface area (Å²) < 4.78 is 3.84. The molecule has 0 amide bonds. The summed E-state index contributed by atoms with van der Waals surface area (Å²) >= 11 is 0. The molecule has 0 unspecified atom stereocenters. The molecule has 1 aliphatic carbocycles. The number of hydrogen-bond donors (Lipinski definition) is 0. The van der Waals surface area contributed by atoms with Crippen molar-refractivity contribution in [1.29, 1.82) is 0 Å². The van der Waals surface area contributed by atoms with E-state index >= 15 is 0 Å². The predicted octanol–water partition coefficient (Wildman–Crippen LogP) is 3.61. The van der Waals surface area contributed by atoms with E-state index in [1.54, 1.807) is 4.68 Å². The van der Waals surface area contributed by atoms with Crippen molar-refractivity contribution in [1.82, 2.24) is 29.5 Å². The van der Waals surface area contributed by atoms with Crippen LogP contribution >= 0.6 is 0 Å². The van der Waals surface area contributed by atoms with Crippen LogP contribution in [-0.4, -0.2) is 29.5 Å². The normalized spacial score (nSPS) is 14.2. The number of aromatic nitrogens is 6. The Morgan fingerprint density at radius 1 is 1.15 bits per heavy atom. The molecule has 26 heavy (non-hydrogen) atoms. The average molecular weight is 344 g/mol. The zero-order valence-electron chi connectivity index (χ0n) is 14.9. The van der Waals surface area contributed by atoms with Gasteiger partial charge in [-0.3, -0.25) is 4.68 Å². The van der Waals surface area contributed by atoms with Crippen molar-refractivity contribution in [2.45, 2.75) is 26.3 Å². The minimum absolute atomic E-state index is 0.718. The van der Waals surface area contributed by atoms with Crippen LogP contribution in [0.2, 0.25) is 0 Å². The highest BCUT2D eigenvalue weighted by Crippen LogP contribution is 2.33. The molecule has 1 aliphatic rings. The molecule has 4 aromatic rings. The van der Waals surface area contributed by atoms with Crippen LogP contribution in [0.5, 0.6) is 0 Å². The fraction of sp³-hybridized carbons (Fsp3) is 0.300. The van der Waals surface area contributed by atoms with Crippen molar-refractivity contribution < 1.29 is 0 Å². The highest BCUT2D eigenvalue weighted by atomic mass is 15.4. The summed E-state index contributed by atoms with van der Waals surface area (Å²) in [5.41, 5.74) is 4.13. The lowest BCUT2D eigenvalue weighted by Gasteiger charge is -2.04. The quantitative estimate of drug-likeness (QED) is 0.567. The Bertz CT molecular complexity index is 1100. The molecule has 0 atom stereocenters. The summed E-state index contributed by atoms with van der Waals surface area (Å²) in [6, 6.07) is 10.4. The lowest BCUT2D eigenvalue weighted by atomic mass is 10.1. The number of rotatable bonds is 4. The lowest BCUT2D eigenvalue weighted by Crippen LogP contribution is -2.04. The fourth-order valence-electron chi connectivity index (χ4n) is 3.33. The number of aryl methyl sites for hydroxylation is 2. The second-order valence-corrected chi connectivity index (χ2v) is 7.10. The molecular formula is C20H20N6. The van der Waals surface area contributed by atoms with Crippen LogP contribution in [-0.2, 0) is 13.6 Å². The molecule has 6 nitrogen and oxygen atoms in total.